The Bertz CT molecular complexity index is 1310. The Morgan fingerprint density at radius 3 is 1.52 bits per heavy atom. The lowest BCUT2D eigenvalue weighted by molar-refractivity contribution is -0.129. The average molecular weight is 886 g/mol. The molecule has 0 saturated carbocycles. The molecule has 1 atom stereocenters. The number of allylic oxidation sites excluding steroid dienone is 4. The molecule has 0 saturated heterocycles. The zero-order chi connectivity index (χ0) is 46.0. The van der Waals surface area contributed by atoms with Crippen LogP contribution in [0, 0.1) is 16.7 Å². The Kier molecular flexibility index (Phi) is 31.8. The van der Waals surface area contributed by atoms with E-state index in [1.54, 1.807) is 22.3 Å². The van der Waals surface area contributed by atoms with Crippen molar-refractivity contribution in [1.29, 1.82) is 0 Å². The molecule has 3 N–H and O–H groups in total. The number of carbonyl (C=O) groups excluding carboxylic acids is 3. The van der Waals surface area contributed by atoms with Crippen LogP contribution in [0.3, 0.4) is 0 Å². The van der Waals surface area contributed by atoms with Crippen LogP contribution in [0.1, 0.15) is 221 Å². The van der Waals surface area contributed by atoms with Gasteiger partial charge in [0.15, 0.2) is 0 Å². The second-order valence-electron chi connectivity index (χ2n) is 20.5. The topological polar surface area (TPSA) is 115 Å². The van der Waals surface area contributed by atoms with Gasteiger partial charge in [0.05, 0.1) is 26.4 Å². The number of amides is 2. The molecule has 0 aromatic carbocycles. The third-order valence-electron chi connectivity index (χ3n) is 14.0. The molecule has 63 heavy (non-hydrogen) atoms. The molecule has 2 aliphatic carbocycles. The van der Waals surface area contributed by atoms with E-state index in [9.17, 15) is 14.4 Å². The van der Waals surface area contributed by atoms with Gasteiger partial charge in [-0.05, 0) is 141 Å². The van der Waals surface area contributed by atoms with Gasteiger partial charge >= 0.3 is 0 Å². The minimum atomic E-state index is -0.334. The quantitative estimate of drug-likeness (QED) is 0.0415. The SMILES string of the molecule is CNCCCOCCOCCOCCCNC(=O)[C@H](CCCCNC(=O)CCCCCCCCC1=C(C)CCCC1(C)C)CC(=O)CCCCCCCCC1=C(C)CCCC1(C)C. The van der Waals surface area contributed by atoms with Crippen LogP contribution in [-0.4, -0.2) is 83.9 Å². The fourth-order valence-electron chi connectivity index (χ4n) is 10.0. The molecule has 2 aliphatic rings. The van der Waals surface area contributed by atoms with Gasteiger partial charge < -0.3 is 30.2 Å². The van der Waals surface area contributed by atoms with Gasteiger partial charge in [0, 0.05) is 51.5 Å². The molecule has 9 nitrogen and oxygen atoms in total. The summed E-state index contributed by atoms with van der Waals surface area (Å²) in [5.74, 6) is -0.0555. The Balaban J connectivity index is 1.62. The normalized spacial score (nSPS) is 16.7. The van der Waals surface area contributed by atoms with Gasteiger partial charge in [-0.1, -0.05) is 108 Å². The van der Waals surface area contributed by atoms with Crippen LogP contribution < -0.4 is 16.0 Å². The Hall–Kier alpha value is -2.07. The maximum Gasteiger partial charge on any atom is 0.223 e. The lowest BCUT2D eigenvalue weighted by Gasteiger charge is -2.34. The maximum absolute atomic E-state index is 13.3. The van der Waals surface area contributed by atoms with Crippen LogP contribution in [0.4, 0.5) is 0 Å². The van der Waals surface area contributed by atoms with Crippen molar-refractivity contribution in [3.05, 3.63) is 22.3 Å². The summed E-state index contributed by atoms with van der Waals surface area (Å²) in [5.41, 5.74) is 7.42. The van der Waals surface area contributed by atoms with Crippen LogP contribution in [0.15, 0.2) is 22.3 Å². The first kappa shape index (κ1) is 57.1. The molecular weight excluding hydrogens is 787 g/mol. The van der Waals surface area contributed by atoms with Crippen molar-refractivity contribution < 1.29 is 28.6 Å². The molecule has 366 valence electrons. The van der Waals surface area contributed by atoms with Crippen molar-refractivity contribution in [1.82, 2.24) is 16.0 Å². The van der Waals surface area contributed by atoms with E-state index in [0.29, 0.717) is 89.1 Å². The highest BCUT2D eigenvalue weighted by Crippen LogP contribution is 2.43. The molecule has 0 heterocycles. The molecule has 0 fully saturated rings. The highest BCUT2D eigenvalue weighted by atomic mass is 16.5. The van der Waals surface area contributed by atoms with Gasteiger partial charge in [0.2, 0.25) is 11.8 Å². The number of nitrogens with one attached hydrogen (secondary N) is 3. The molecule has 0 bridgehead atoms. The zero-order valence-corrected chi connectivity index (χ0v) is 42.2. The molecule has 0 spiro atoms. The number of hydrogen-bond donors (Lipinski definition) is 3. The summed E-state index contributed by atoms with van der Waals surface area (Å²) >= 11 is 0. The minimum absolute atomic E-state index is 0.0399. The summed E-state index contributed by atoms with van der Waals surface area (Å²) < 4.78 is 16.8. The fraction of sp³-hybridized carbons (Fsp3) is 0.870. The summed E-state index contributed by atoms with van der Waals surface area (Å²) in [6.07, 6.45) is 29.7. The number of rotatable bonds is 40. The number of hydrogen-bond acceptors (Lipinski definition) is 7. The Labute approximate surface area is 387 Å². The Morgan fingerprint density at radius 1 is 0.540 bits per heavy atom. The summed E-state index contributed by atoms with van der Waals surface area (Å²) in [7, 11) is 1.94. The van der Waals surface area contributed by atoms with Crippen LogP contribution in [0.25, 0.3) is 0 Å². The third-order valence-corrected chi connectivity index (χ3v) is 14.0. The molecule has 2 rings (SSSR count). The molecule has 0 aliphatic heterocycles. The summed E-state index contributed by atoms with van der Waals surface area (Å²) in [5, 5.41) is 9.28. The predicted octanol–water partition coefficient (Wildman–Crippen LogP) is 12.3. The van der Waals surface area contributed by atoms with Gasteiger partial charge in [-0.3, -0.25) is 14.4 Å². The molecular formula is C54H99N3O6. The van der Waals surface area contributed by atoms with Crippen LogP contribution in [0.2, 0.25) is 0 Å². The highest BCUT2D eigenvalue weighted by Gasteiger charge is 2.29. The smallest absolute Gasteiger partial charge is 0.223 e. The van der Waals surface area contributed by atoms with E-state index in [1.165, 1.54) is 103 Å². The van der Waals surface area contributed by atoms with Crippen molar-refractivity contribution >= 4 is 17.6 Å². The molecule has 2 amide bonds. The lowest BCUT2D eigenvalue weighted by Crippen LogP contribution is -2.33. The summed E-state index contributed by atoms with van der Waals surface area (Å²) in [6, 6.07) is 0. The number of ether oxygens (including phenoxy) is 3. The van der Waals surface area contributed by atoms with Gasteiger partial charge in [-0.25, -0.2) is 0 Å². The van der Waals surface area contributed by atoms with E-state index in [2.05, 4.69) is 57.5 Å². The van der Waals surface area contributed by atoms with E-state index in [0.717, 1.165) is 58.1 Å². The minimum Gasteiger partial charge on any atom is -0.379 e. The zero-order valence-electron chi connectivity index (χ0n) is 42.2. The fourth-order valence-corrected chi connectivity index (χ4v) is 10.0. The van der Waals surface area contributed by atoms with Crippen molar-refractivity contribution in [2.24, 2.45) is 16.7 Å². The van der Waals surface area contributed by atoms with E-state index >= 15 is 0 Å². The first-order chi connectivity index (χ1) is 30.4. The first-order valence-electron chi connectivity index (χ1n) is 26.2. The molecule has 0 aromatic rings. The van der Waals surface area contributed by atoms with E-state index in [1.807, 2.05) is 7.05 Å². The first-order valence-corrected chi connectivity index (χ1v) is 26.2. The van der Waals surface area contributed by atoms with E-state index in [-0.39, 0.29) is 23.5 Å². The second-order valence-corrected chi connectivity index (χ2v) is 20.5. The van der Waals surface area contributed by atoms with Crippen LogP contribution in [0.5, 0.6) is 0 Å². The monoisotopic (exact) mass is 886 g/mol. The standard InChI is InChI=1S/C54H99N3O6/c1-45-26-22-33-53(3,4)49(45)30-17-13-9-8-12-16-29-48(58)44-47(52(60)57-37-25-39-62-41-43-63-42-40-61-38-24-35-55-7)28-20-21-36-56-51(59)32-19-15-11-10-14-18-31-50-46(2)27-23-34-54(50,5)6/h47,55H,8-44H2,1-7H3,(H,56,59)(H,57,60)/t47-/m1/s1. The van der Waals surface area contributed by atoms with Gasteiger partial charge in [-0.2, -0.15) is 0 Å². The molecule has 9 heteroatoms. The van der Waals surface area contributed by atoms with Crippen LogP contribution in [-0.2, 0) is 28.6 Å². The van der Waals surface area contributed by atoms with Gasteiger partial charge in [0.1, 0.15) is 5.78 Å². The third kappa shape index (κ3) is 27.2. The van der Waals surface area contributed by atoms with Crippen molar-refractivity contribution in [3.63, 3.8) is 0 Å². The summed E-state index contributed by atoms with van der Waals surface area (Å²) in [6.45, 7) is 19.9. The Morgan fingerprint density at radius 2 is 1.00 bits per heavy atom. The van der Waals surface area contributed by atoms with Crippen molar-refractivity contribution in [2.75, 3.05) is 66.3 Å². The van der Waals surface area contributed by atoms with Crippen molar-refractivity contribution in [2.45, 2.75) is 221 Å². The van der Waals surface area contributed by atoms with Gasteiger partial charge in [-0.15, -0.1) is 0 Å². The number of Topliss-reactive ketones (excluding diaryl/α,β-unsaturated/α-hetero) is 1. The molecule has 0 aromatic heterocycles. The number of ketones is 1. The molecule has 0 unspecified atom stereocenters. The largest absolute Gasteiger partial charge is 0.379 e. The number of unbranched alkanes of at least 4 members (excludes halogenated alkanes) is 11. The van der Waals surface area contributed by atoms with Crippen molar-refractivity contribution in [3.8, 4) is 0 Å². The number of carbonyl (C=O) groups is 3. The lowest BCUT2D eigenvalue weighted by atomic mass is 9.71. The summed E-state index contributed by atoms with van der Waals surface area (Å²) in [4.78, 5) is 39.1. The predicted molar refractivity (Wildman–Crippen MR) is 263 cm³/mol. The van der Waals surface area contributed by atoms with Crippen LogP contribution >= 0.6 is 0 Å². The highest BCUT2D eigenvalue weighted by molar-refractivity contribution is 5.86. The van der Waals surface area contributed by atoms with E-state index < -0.39 is 0 Å². The van der Waals surface area contributed by atoms with E-state index in [4.69, 9.17) is 14.2 Å². The molecule has 0 radical (unpaired) electrons. The van der Waals surface area contributed by atoms with Gasteiger partial charge in [0.25, 0.3) is 0 Å². The second kappa shape index (κ2) is 35.2. The maximum atomic E-state index is 13.3. The average Bonchev–Trinajstić information content (AvgIpc) is 3.23.